The second kappa shape index (κ2) is 5.25. The lowest BCUT2D eigenvalue weighted by atomic mass is 10.3. The van der Waals surface area contributed by atoms with Gasteiger partial charge in [-0.3, -0.25) is 0 Å². The molecule has 0 atom stereocenters. The van der Waals surface area contributed by atoms with Crippen molar-refractivity contribution in [3.63, 3.8) is 0 Å². The van der Waals surface area contributed by atoms with Crippen LogP contribution in [-0.2, 0) is 10.0 Å². The molecular weight excluding hydrogens is 295 g/mol. The van der Waals surface area contributed by atoms with Crippen LogP contribution in [0.4, 0.5) is 5.69 Å². The molecule has 2 rings (SSSR count). The number of benzene rings is 1. The maximum Gasteiger partial charge on any atom is 0.244 e. The highest BCUT2D eigenvalue weighted by Gasteiger charge is 2.24. The van der Waals surface area contributed by atoms with Gasteiger partial charge in [-0.25, -0.2) is 13.1 Å². The molecule has 1 aromatic rings. The third-order valence-corrected chi connectivity index (χ3v) is 5.05. The Morgan fingerprint density at radius 2 is 2.00 bits per heavy atom. The summed E-state index contributed by atoms with van der Waals surface area (Å²) in [6.45, 7) is 0.408. The number of anilines is 1. The highest BCUT2D eigenvalue weighted by Crippen LogP contribution is 2.33. The minimum Gasteiger partial charge on any atom is -0.398 e. The topological polar surface area (TPSA) is 72.2 Å². The molecule has 1 aromatic carbocycles. The van der Waals surface area contributed by atoms with Crippen molar-refractivity contribution in [1.29, 1.82) is 0 Å². The summed E-state index contributed by atoms with van der Waals surface area (Å²) < 4.78 is 26.6. The number of halogens is 2. The normalized spacial score (nSPS) is 15.9. The van der Waals surface area contributed by atoms with Crippen LogP contribution in [0.3, 0.4) is 0 Å². The number of nitrogens with two attached hydrogens (primary N) is 1. The predicted octanol–water partition coefficient (Wildman–Crippen LogP) is 2.65. The van der Waals surface area contributed by atoms with Crippen molar-refractivity contribution in [3.8, 4) is 0 Å². The standard InChI is InChI=1S/C11H14Cl2N2O2S/c12-8-5-9(13)11(10(14)6-8)18(16,17)15-4-3-7-1-2-7/h5-7,15H,1-4,14H2. The van der Waals surface area contributed by atoms with Crippen LogP contribution in [0, 0.1) is 5.92 Å². The van der Waals surface area contributed by atoms with Crippen LogP contribution in [-0.4, -0.2) is 15.0 Å². The Kier molecular flexibility index (Phi) is 4.06. The Bertz CT molecular complexity index is 533. The van der Waals surface area contributed by atoms with Gasteiger partial charge >= 0.3 is 0 Å². The van der Waals surface area contributed by atoms with E-state index >= 15 is 0 Å². The van der Waals surface area contributed by atoms with Crippen molar-refractivity contribution in [2.45, 2.75) is 24.2 Å². The van der Waals surface area contributed by atoms with E-state index in [2.05, 4.69) is 4.72 Å². The molecule has 0 heterocycles. The van der Waals surface area contributed by atoms with Crippen LogP contribution in [0.1, 0.15) is 19.3 Å². The fraction of sp³-hybridized carbons (Fsp3) is 0.455. The van der Waals surface area contributed by atoms with Crippen molar-refractivity contribution in [1.82, 2.24) is 4.72 Å². The SMILES string of the molecule is Nc1cc(Cl)cc(Cl)c1S(=O)(=O)NCCC1CC1. The van der Waals surface area contributed by atoms with Gasteiger partial charge in [0.25, 0.3) is 0 Å². The molecule has 1 fully saturated rings. The summed E-state index contributed by atoms with van der Waals surface area (Å²) in [5, 5.41) is 0.355. The van der Waals surface area contributed by atoms with Crippen LogP contribution in [0.5, 0.6) is 0 Å². The average molecular weight is 309 g/mol. The summed E-state index contributed by atoms with van der Waals surface area (Å²) in [6.07, 6.45) is 3.22. The van der Waals surface area contributed by atoms with Crippen molar-refractivity contribution in [2.75, 3.05) is 12.3 Å². The molecule has 1 aliphatic rings. The highest BCUT2D eigenvalue weighted by molar-refractivity contribution is 7.89. The molecule has 100 valence electrons. The van der Waals surface area contributed by atoms with E-state index in [1.165, 1.54) is 25.0 Å². The predicted molar refractivity (Wildman–Crippen MR) is 73.4 cm³/mol. The van der Waals surface area contributed by atoms with Crippen LogP contribution >= 0.6 is 23.2 Å². The van der Waals surface area contributed by atoms with Crippen molar-refractivity contribution in [3.05, 3.63) is 22.2 Å². The summed E-state index contributed by atoms with van der Waals surface area (Å²) in [6, 6.07) is 2.75. The van der Waals surface area contributed by atoms with Gasteiger partial charge in [0.2, 0.25) is 10.0 Å². The zero-order chi connectivity index (χ0) is 13.3. The van der Waals surface area contributed by atoms with Crippen LogP contribution in [0.2, 0.25) is 10.0 Å². The van der Waals surface area contributed by atoms with Gasteiger partial charge in [0.05, 0.1) is 10.7 Å². The van der Waals surface area contributed by atoms with Crippen molar-refractivity contribution >= 4 is 38.9 Å². The number of nitrogen functional groups attached to an aromatic ring is 1. The molecule has 0 radical (unpaired) electrons. The van der Waals surface area contributed by atoms with Crippen molar-refractivity contribution < 1.29 is 8.42 Å². The molecule has 0 bridgehead atoms. The number of hydrogen-bond donors (Lipinski definition) is 2. The molecule has 1 saturated carbocycles. The second-order valence-electron chi connectivity index (χ2n) is 4.44. The minimum absolute atomic E-state index is 0.0407. The summed E-state index contributed by atoms with van der Waals surface area (Å²) in [5.41, 5.74) is 5.73. The Balaban J connectivity index is 2.17. The Labute approximate surface area is 117 Å². The van der Waals surface area contributed by atoms with E-state index in [0.717, 1.165) is 6.42 Å². The molecule has 4 nitrogen and oxygen atoms in total. The van der Waals surface area contributed by atoms with Gasteiger partial charge in [0, 0.05) is 11.6 Å². The van der Waals surface area contributed by atoms with Crippen LogP contribution in [0.25, 0.3) is 0 Å². The van der Waals surface area contributed by atoms with Gasteiger partial charge in [-0.2, -0.15) is 0 Å². The maximum absolute atomic E-state index is 12.1. The molecule has 7 heteroatoms. The zero-order valence-corrected chi connectivity index (χ0v) is 11.9. The monoisotopic (exact) mass is 308 g/mol. The Morgan fingerprint density at radius 1 is 1.33 bits per heavy atom. The Morgan fingerprint density at radius 3 is 2.56 bits per heavy atom. The molecule has 0 aliphatic heterocycles. The lowest BCUT2D eigenvalue weighted by molar-refractivity contribution is 0.576. The van der Waals surface area contributed by atoms with Crippen molar-refractivity contribution in [2.24, 2.45) is 5.92 Å². The summed E-state index contributed by atoms with van der Waals surface area (Å²) in [4.78, 5) is -0.0932. The summed E-state index contributed by atoms with van der Waals surface area (Å²) >= 11 is 11.6. The number of hydrogen-bond acceptors (Lipinski definition) is 3. The van der Waals surface area contributed by atoms with Gasteiger partial charge in [-0.15, -0.1) is 0 Å². The first kappa shape index (κ1) is 13.9. The third-order valence-electron chi connectivity index (χ3n) is 2.85. The summed E-state index contributed by atoms with van der Waals surface area (Å²) in [7, 11) is -3.67. The largest absolute Gasteiger partial charge is 0.398 e. The van der Waals surface area contributed by atoms with Gasteiger partial charge in [-0.1, -0.05) is 36.0 Å². The molecule has 0 unspecified atom stereocenters. The van der Waals surface area contributed by atoms with E-state index in [4.69, 9.17) is 28.9 Å². The highest BCUT2D eigenvalue weighted by atomic mass is 35.5. The van der Waals surface area contributed by atoms with Gasteiger partial charge in [-0.05, 0) is 24.5 Å². The second-order valence-corrected chi connectivity index (χ2v) is 6.98. The first-order valence-corrected chi connectivity index (χ1v) is 7.88. The van der Waals surface area contributed by atoms with E-state index in [9.17, 15) is 8.42 Å². The average Bonchev–Trinajstić information content (AvgIpc) is 2.98. The maximum atomic E-state index is 12.1. The molecule has 18 heavy (non-hydrogen) atoms. The molecule has 3 N–H and O–H groups in total. The van der Waals surface area contributed by atoms with Gasteiger partial charge in [0.1, 0.15) is 4.90 Å². The molecule has 1 aliphatic carbocycles. The molecular formula is C11H14Cl2N2O2S. The molecule has 0 saturated heterocycles. The fourth-order valence-electron chi connectivity index (χ4n) is 1.74. The number of sulfonamides is 1. The van der Waals surface area contributed by atoms with E-state index in [1.54, 1.807) is 0 Å². The van der Waals surface area contributed by atoms with Crippen LogP contribution < -0.4 is 10.5 Å². The fourth-order valence-corrected chi connectivity index (χ4v) is 3.77. The molecule has 0 amide bonds. The van der Waals surface area contributed by atoms with Gasteiger partial charge in [0.15, 0.2) is 0 Å². The van der Waals surface area contributed by atoms with Crippen LogP contribution in [0.15, 0.2) is 17.0 Å². The van der Waals surface area contributed by atoms with E-state index in [1.807, 2.05) is 0 Å². The van der Waals surface area contributed by atoms with E-state index in [-0.39, 0.29) is 15.6 Å². The molecule has 0 spiro atoms. The quantitative estimate of drug-likeness (QED) is 0.821. The summed E-state index contributed by atoms with van der Waals surface area (Å²) in [5.74, 6) is 0.658. The van der Waals surface area contributed by atoms with E-state index in [0.29, 0.717) is 17.5 Å². The third kappa shape index (κ3) is 3.29. The number of nitrogens with one attached hydrogen (secondary N) is 1. The smallest absolute Gasteiger partial charge is 0.244 e. The lowest BCUT2D eigenvalue weighted by Gasteiger charge is -2.11. The minimum atomic E-state index is -3.67. The zero-order valence-electron chi connectivity index (χ0n) is 9.62. The van der Waals surface area contributed by atoms with E-state index < -0.39 is 10.0 Å². The first-order chi connectivity index (χ1) is 8.40. The lowest BCUT2D eigenvalue weighted by Crippen LogP contribution is -2.26. The number of rotatable bonds is 5. The molecule has 0 aromatic heterocycles. The Hall–Kier alpha value is -0.490. The van der Waals surface area contributed by atoms with Gasteiger partial charge < -0.3 is 5.73 Å². The first-order valence-electron chi connectivity index (χ1n) is 5.64.